The summed E-state index contributed by atoms with van der Waals surface area (Å²) in [6.07, 6.45) is -1.21. The molecule has 3 aromatic rings. The van der Waals surface area contributed by atoms with E-state index in [0.717, 1.165) is 16.5 Å². The summed E-state index contributed by atoms with van der Waals surface area (Å²) in [4.78, 5) is 12.5. The molecular formula is C21H25F3N6O. The molecule has 3 rings (SSSR count). The molecule has 0 aliphatic heterocycles. The summed E-state index contributed by atoms with van der Waals surface area (Å²) in [7, 11) is 1.41. The van der Waals surface area contributed by atoms with Crippen molar-refractivity contribution in [3.8, 4) is 0 Å². The minimum atomic E-state index is -4.88. The van der Waals surface area contributed by atoms with Crippen molar-refractivity contribution in [1.82, 2.24) is 25.2 Å². The predicted octanol–water partition coefficient (Wildman–Crippen LogP) is 2.86. The summed E-state index contributed by atoms with van der Waals surface area (Å²) < 4.78 is 42.1. The Kier molecular flexibility index (Phi) is 6.79. The summed E-state index contributed by atoms with van der Waals surface area (Å²) in [5, 5.41) is 17.3. The van der Waals surface area contributed by atoms with Crippen molar-refractivity contribution in [3.63, 3.8) is 0 Å². The van der Waals surface area contributed by atoms with Crippen LogP contribution in [0, 0.1) is 0 Å². The SMILES string of the molecule is CCNC(=NCc1ccnc2ccccc12)NCCC(O)(c1nccn1C)C(F)(F)F. The molecule has 0 spiro atoms. The van der Waals surface area contributed by atoms with Gasteiger partial charge >= 0.3 is 6.18 Å². The number of halogens is 3. The molecule has 166 valence electrons. The van der Waals surface area contributed by atoms with Gasteiger partial charge in [-0.1, -0.05) is 18.2 Å². The van der Waals surface area contributed by atoms with Gasteiger partial charge in [-0.15, -0.1) is 0 Å². The largest absolute Gasteiger partial charge is 0.424 e. The first kappa shape index (κ1) is 22.5. The standard InChI is InChI=1S/C21H25F3N6O/c1-3-25-19(29-14-15-8-10-26-17-7-5-4-6-16(15)17)28-11-9-20(31,21(22,23)24)18-27-12-13-30(18)2/h4-8,10,12-13,31H,3,9,11,14H2,1-2H3,(H2,25,28,29). The highest BCUT2D eigenvalue weighted by molar-refractivity contribution is 5.83. The van der Waals surface area contributed by atoms with Crippen molar-refractivity contribution in [3.05, 3.63) is 60.3 Å². The third-order valence-corrected chi connectivity index (χ3v) is 4.93. The highest BCUT2D eigenvalue weighted by atomic mass is 19.4. The number of nitrogens with zero attached hydrogens (tertiary/aromatic N) is 4. The Morgan fingerprint density at radius 2 is 1.90 bits per heavy atom. The van der Waals surface area contributed by atoms with Crippen molar-refractivity contribution >= 4 is 16.9 Å². The van der Waals surface area contributed by atoms with Crippen LogP contribution in [0.5, 0.6) is 0 Å². The Morgan fingerprint density at radius 1 is 1.13 bits per heavy atom. The Hall–Kier alpha value is -3.14. The first-order chi connectivity index (χ1) is 14.8. The summed E-state index contributed by atoms with van der Waals surface area (Å²) in [6, 6.07) is 9.53. The van der Waals surface area contributed by atoms with Crippen LogP contribution < -0.4 is 10.6 Å². The first-order valence-electron chi connectivity index (χ1n) is 9.88. The number of nitrogens with one attached hydrogen (secondary N) is 2. The van der Waals surface area contributed by atoms with Gasteiger partial charge in [0, 0.05) is 50.5 Å². The minimum Gasteiger partial charge on any atom is -0.374 e. The molecular weight excluding hydrogens is 409 g/mol. The molecule has 2 aromatic heterocycles. The van der Waals surface area contributed by atoms with Crippen LogP contribution in [0.2, 0.25) is 0 Å². The van der Waals surface area contributed by atoms with Gasteiger partial charge in [0.15, 0.2) is 5.96 Å². The molecule has 1 aromatic carbocycles. The highest BCUT2D eigenvalue weighted by Crippen LogP contribution is 2.40. The van der Waals surface area contributed by atoms with Crippen LogP contribution in [0.1, 0.15) is 24.7 Å². The zero-order chi connectivity index (χ0) is 22.5. The predicted molar refractivity (Wildman–Crippen MR) is 112 cm³/mol. The lowest BCUT2D eigenvalue weighted by molar-refractivity contribution is -0.272. The zero-order valence-electron chi connectivity index (χ0n) is 17.3. The number of guanidine groups is 1. The average molecular weight is 434 g/mol. The number of hydrogen-bond acceptors (Lipinski definition) is 4. The van der Waals surface area contributed by atoms with E-state index in [-0.39, 0.29) is 6.54 Å². The lowest BCUT2D eigenvalue weighted by Gasteiger charge is -2.30. The number of aliphatic hydroxyl groups is 1. The van der Waals surface area contributed by atoms with E-state index >= 15 is 0 Å². The van der Waals surface area contributed by atoms with Gasteiger partial charge in [0.1, 0.15) is 5.82 Å². The Morgan fingerprint density at radius 3 is 2.58 bits per heavy atom. The summed E-state index contributed by atoms with van der Waals surface area (Å²) in [5.74, 6) is -0.0975. The molecule has 0 bridgehead atoms. The van der Waals surface area contributed by atoms with Gasteiger partial charge in [0.25, 0.3) is 0 Å². The number of hydrogen-bond donors (Lipinski definition) is 3. The highest BCUT2D eigenvalue weighted by Gasteiger charge is 2.57. The Balaban J connectivity index is 1.73. The normalized spacial score (nSPS) is 14.5. The van der Waals surface area contributed by atoms with Crippen molar-refractivity contribution in [2.45, 2.75) is 31.7 Å². The molecule has 1 unspecified atom stereocenters. The van der Waals surface area contributed by atoms with Crippen molar-refractivity contribution in [2.75, 3.05) is 13.1 Å². The molecule has 7 nitrogen and oxygen atoms in total. The van der Waals surface area contributed by atoms with Gasteiger partial charge in [-0.25, -0.2) is 9.98 Å². The average Bonchev–Trinajstić information content (AvgIpc) is 3.17. The van der Waals surface area contributed by atoms with Crippen LogP contribution in [0.15, 0.2) is 53.9 Å². The number of pyridine rings is 1. The topological polar surface area (TPSA) is 87.4 Å². The fourth-order valence-electron chi connectivity index (χ4n) is 3.31. The quantitative estimate of drug-likeness (QED) is 0.393. The summed E-state index contributed by atoms with van der Waals surface area (Å²) in [6.45, 7) is 2.55. The van der Waals surface area contributed by atoms with Crippen LogP contribution in [0.3, 0.4) is 0 Å². The van der Waals surface area contributed by atoms with Gasteiger partial charge < -0.3 is 20.3 Å². The van der Waals surface area contributed by atoms with Crippen molar-refractivity contribution < 1.29 is 18.3 Å². The molecule has 0 amide bonds. The van der Waals surface area contributed by atoms with Crippen molar-refractivity contribution in [2.24, 2.45) is 12.0 Å². The van der Waals surface area contributed by atoms with E-state index in [2.05, 4.69) is 25.6 Å². The van der Waals surface area contributed by atoms with Gasteiger partial charge in [0.05, 0.1) is 12.1 Å². The van der Waals surface area contributed by atoms with Crippen molar-refractivity contribution in [1.29, 1.82) is 0 Å². The third kappa shape index (κ3) is 4.96. The summed E-state index contributed by atoms with van der Waals surface area (Å²) >= 11 is 0. The van der Waals surface area contributed by atoms with E-state index in [1.54, 1.807) is 6.20 Å². The molecule has 0 radical (unpaired) electrons. The number of imidazole rings is 1. The van der Waals surface area contributed by atoms with Gasteiger partial charge in [-0.2, -0.15) is 13.2 Å². The third-order valence-electron chi connectivity index (χ3n) is 4.93. The zero-order valence-corrected chi connectivity index (χ0v) is 17.3. The van der Waals surface area contributed by atoms with E-state index in [4.69, 9.17) is 0 Å². The number of alkyl halides is 3. The second kappa shape index (κ2) is 9.34. The number of para-hydroxylation sites is 1. The smallest absolute Gasteiger partial charge is 0.374 e. The second-order valence-electron chi connectivity index (χ2n) is 7.08. The molecule has 3 N–H and O–H groups in total. The molecule has 0 aliphatic rings. The van der Waals surface area contributed by atoms with E-state index in [9.17, 15) is 18.3 Å². The van der Waals surface area contributed by atoms with Crippen LogP contribution in [-0.2, 0) is 19.2 Å². The maximum Gasteiger partial charge on any atom is 0.424 e. The number of benzene rings is 1. The van der Waals surface area contributed by atoms with Gasteiger partial charge in [-0.05, 0) is 24.6 Å². The fraction of sp³-hybridized carbons (Fsp3) is 0.381. The van der Waals surface area contributed by atoms with E-state index in [0.29, 0.717) is 19.0 Å². The number of aromatic nitrogens is 3. The lowest BCUT2D eigenvalue weighted by atomic mass is 9.97. The molecule has 2 heterocycles. The van der Waals surface area contributed by atoms with Crippen LogP contribution in [-0.4, -0.2) is 44.9 Å². The maximum absolute atomic E-state index is 13.7. The van der Waals surface area contributed by atoms with Gasteiger partial charge in [0.2, 0.25) is 5.60 Å². The van der Waals surface area contributed by atoms with Crippen LogP contribution in [0.25, 0.3) is 10.9 Å². The molecule has 0 saturated carbocycles. The molecule has 10 heteroatoms. The van der Waals surface area contributed by atoms with E-state index in [1.807, 2.05) is 37.3 Å². The van der Waals surface area contributed by atoms with Crippen LogP contribution >= 0.6 is 0 Å². The molecule has 0 fully saturated rings. The number of fused-ring (bicyclic) bond motifs is 1. The second-order valence-corrected chi connectivity index (χ2v) is 7.08. The van der Waals surface area contributed by atoms with E-state index < -0.39 is 24.0 Å². The monoisotopic (exact) mass is 434 g/mol. The maximum atomic E-state index is 13.7. The van der Waals surface area contributed by atoms with Gasteiger partial charge in [-0.3, -0.25) is 4.98 Å². The van der Waals surface area contributed by atoms with Crippen LogP contribution in [0.4, 0.5) is 13.2 Å². The summed E-state index contributed by atoms with van der Waals surface area (Å²) in [5.41, 5.74) is -1.28. The van der Waals surface area contributed by atoms with E-state index in [1.165, 1.54) is 24.0 Å². The Bertz CT molecular complexity index is 1040. The number of aryl methyl sites for hydroxylation is 1. The minimum absolute atomic E-state index is 0.161. The first-order valence-corrected chi connectivity index (χ1v) is 9.88. The lowest BCUT2D eigenvalue weighted by Crippen LogP contribution is -2.47. The Labute approximate surface area is 178 Å². The fourth-order valence-corrected chi connectivity index (χ4v) is 3.31. The molecule has 1 atom stereocenters. The number of rotatable bonds is 7. The molecule has 31 heavy (non-hydrogen) atoms. The molecule has 0 saturated heterocycles. The number of aliphatic imine (C=N–C) groups is 1. The molecule has 0 aliphatic carbocycles.